The molecule has 5 atom stereocenters. The average molecular weight is 295 g/mol. The fraction of sp³-hybridized carbons (Fsp3) is 1.00. The summed E-state index contributed by atoms with van der Waals surface area (Å²) in [5.41, 5.74) is 0. The van der Waals surface area contributed by atoms with Gasteiger partial charge in [0, 0.05) is 18.1 Å². The maximum atomic E-state index is 3.87. The minimum Gasteiger partial charge on any atom is -0.312 e. The summed E-state index contributed by atoms with van der Waals surface area (Å²) in [4.78, 5) is 2.87. The summed E-state index contributed by atoms with van der Waals surface area (Å²) in [6.07, 6.45) is 8.29. The second kappa shape index (κ2) is 7.97. The third-order valence-corrected chi connectivity index (χ3v) is 6.30. The van der Waals surface area contributed by atoms with E-state index in [-0.39, 0.29) is 0 Å². The first kappa shape index (κ1) is 17.3. The summed E-state index contributed by atoms with van der Waals surface area (Å²) >= 11 is 0. The zero-order valence-electron chi connectivity index (χ0n) is 15.1. The van der Waals surface area contributed by atoms with E-state index in [1.807, 2.05) is 0 Å². The van der Waals surface area contributed by atoms with Gasteiger partial charge in [-0.05, 0) is 76.3 Å². The molecule has 0 bridgehead atoms. The molecule has 21 heavy (non-hydrogen) atoms. The molecule has 2 rings (SSSR count). The molecule has 0 aromatic rings. The molecular formula is C19H38N2. The van der Waals surface area contributed by atoms with Crippen LogP contribution in [0.5, 0.6) is 0 Å². The van der Waals surface area contributed by atoms with Crippen molar-refractivity contribution in [1.82, 2.24) is 10.2 Å². The Morgan fingerprint density at radius 3 is 2.57 bits per heavy atom. The van der Waals surface area contributed by atoms with Crippen molar-refractivity contribution in [3.05, 3.63) is 0 Å². The maximum Gasteiger partial charge on any atom is 0.0255 e. The number of nitrogens with zero attached hydrogens (tertiary/aromatic N) is 1. The predicted octanol–water partition coefficient (Wildman–Crippen LogP) is 4.30. The molecule has 2 nitrogen and oxygen atoms in total. The molecular weight excluding hydrogens is 256 g/mol. The first-order valence-electron chi connectivity index (χ1n) is 9.53. The van der Waals surface area contributed by atoms with Crippen LogP contribution in [0.1, 0.15) is 73.1 Å². The Balaban J connectivity index is 2.07. The van der Waals surface area contributed by atoms with Gasteiger partial charge in [-0.3, -0.25) is 4.90 Å². The normalized spacial score (nSPS) is 38.9. The lowest BCUT2D eigenvalue weighted by Crippen LogP contribution is -2.58. The molecule has 2 fully saturated rings. The highest BCUT2D eigenvalue weighted by Gasteiger charge is 2.38. The summed E-state index contributed by atoms with van der Waals surface area (Å²) in [7, 11) is 0. The van der Waals surface area contributed by atoms with Crippen molar-refractivity contribution in [1.29, 1.82) is 0 Å². The van der Waals surface area contributed by atoms with Gasteiger partial charge in [0.15, 0.2) is 0 Å². The SMILES string of the molecule is CCCNC1CCC(C(C)C)CC1N1CCCC(C)C1C. The first-order valence-corrected chi connectivity index (χ1v) is 9.53. The highest BCUT2D eigenvalue weighted by atomic mass is 15.2. The van der Waals surface area contributed by atoms with Crippen LogP contribution in [0.2, 0.25) is 0 Å². The molecule has 1 saturated carbocycles. The lowest BCUT2D eigenvalue weighted by atomic mass is 9.75. The van der Waals surface area contributed by atoms with Crippen LogP contribution in [0.15, 0.2) is 0 Å². The highest BCUT2D eigenvalue weighted by molar-refractivity contribution is 4.95. The van der Waals surface area contributed by atoms with E-state index in [0.717, 1.165) is 35.9 Å². The number of piperidine rings is 1. The topological polar surface area (TPSA) is 15.3 Å². The molecule has 5 unspecified atom stereocenters. The van der Waals surface area contributed by atoms with Crippen molar-refractivity contribution in [3.63, 3.8) is 0 Å². The fourth-order valence-corrected chi connectivity index (χ4v) is 4.55. The lowest BCUT2D eigenvalue weighted by molar-refractivity contribution is 0.0145. The van der Waals surface area contributed by atoms with E-state index in [9.17, 15) is 0 Å². The molecule has 124 valence electrons. The Morgan fingerprint density at radius 2 is 1.90 bits per heavy atom. The Labute approximate surface area is 133 Å². The van der Waals surface area contributed by atoms with Crippen LogP contribution in [0.3, 0.4) is 0 Å². The van der Waals surface area contributed by atoms with Crippen molar-refractivity contribution in [2.24, 2.45) is 17.8 Å². The van der Waals surface area contributed by atoms with Crippen molar-refractivity contribution in [3.8, 4) is 0 Å². The first-order chi connectivity index (χ1) is 10.0. The van der Waals surface area contributed by atoms with Gasteiger partial charge in [-0.15, -0.1) is 0 Å². The van der Waals surface area contributed by atoms with E-state index < -0.39 is 0 Å². The average Bonchev–Trinajstić information content (AvgIpc) is 2.48. The van der Waals surface area contributed by atoms with Gasteiger partial charge in [-0.25, -0.2) is 0 Å². The van der Waals surface area contributed by atoms with Crippen LogP contribution in [0.4, 0.5) is 0 Å². The molecule has 0 amide bonds. The number of hydrogen-bond acceptors (Lipinski definition) is 2. The van der Waals surface area contributed by atoms with Crippen molar-refractivity contribution >= 4 is 0 Å². The second-order valence-corrected chi connectivity index (χ2v) is 8.04. The monoisotopic (exact) mass is 294 g/mol. The van der Waals surface area contributed by atoms with Crippen LogP contribution in [0.25, 0.3) is 0 Å². The van der Waals surface area contributed by atoms with E-state index >= 15 is 0 Å². The minimum atomic E-state index is 0.729. The Morgan fingerprint density at radius 1 is 1.14 bits per heavy atom. The van der Waals surface area contributed by atoms with E-state index in [0.29, 0.717) is 0 Å². The van der Waals surface area contributed by atoms with E-state index in [1.54, 1.807) is 0 Å². The molecule has 1 aliphatic carbocycles. The number of likely N-dealkylation sites (tertiary alicyclic amines) is 1. The summed E-state index contributed by atoms with van der Waals surface area (Å²) in [5.74, 6) is 2.64. The zero-order valence-corrected chi connectivity index (χ0v) is 15.1. The largest absolute Gasteiger partial charge is 0.312 e. The molecule has 2 heteroatoms. The molecule has 2 aliphatic rings. The molecule has 0 spiro atoms. The summed E-state index contributed by atoms with van der Waals surface area (Å²) in [6.45, 7) is 14.6. The maximum absolute atomic E-state index is 3.87. The Bertz CT molecular complexity index is 302. The van der Waals surface area contributed by atoms with Crippen LogP contribution < -0.4 is 5.32 Å². The summed E-state index contributed by atoms with van der Waals surface area (Å²) in [6, 6.07) is 2.27. The van der Waals surface area contributed by atoms with Crippen molar-refractivity contribution in [2.45, 2.75) is 91.3 Å². The molecule has 1 saturated heterocycles. The molecule has 0 aromatic carbocycles. The summed E-state index contributed by atoms with van der Waals surface area (Å²) in [5, 5.41) is 3.87. The van der Waals surface area contributed by atoms with E-state index in [4.69, 9.17) is 0 Å². The summed E-state index contributed by atoms with van der Waals surface area (Å²) < 4.78 is 0. The van der Waals surface area contributed by atoms with Crippen molar-refractivity contribution < 1.29 is 0 Å². The minimum absolute atomic E-state index is 0.729. The van der Waals surface area contributed by atoms with E-state index in [1.165, 1.54) is 51.6 Å². The van der Waals surface area contributed by atoms with Gasteiger partial charge >= 0.3 is 0 Å². The highest BCUT2D eigenvalue weighted by Crippen LogP contribution is 2.36. The van der Waals surface area contributed by atoms with Gasteiger partial charge in [0.25, 0.3) is 0 Å². The standard InChI is InChI=1S/C19H38N2/c1-6-11-20-18-10-9-17(14(2)3)13-19(18)21-12-7-8-15(4)16(21)5/h14-20H,6-13H2,1-5H3. The molecule has 1 heterocycles. The van der Waals surface area contributed by atoms with Crippen LogP contribution in [-0.2, 0) is 0 Å². The van der Waals surface area contributed by atoms with Gasteiger partial charge in [0.1, 0.15) is 0 Å². The van der Waals surface area contributed by atoms with Gasteiger partial charge < -0.3 is 5.32 Å². The predicted molar refractivity (Wildman–Crippen MR) is 92.6 cm³/mol. The lowest BCUT2D eigenvalue weighted by Gasteiger charge is -2.49. The van der Waals surface area contributed by atoms with Crippen LogP contribution in [-0.4, -0.2) is 36.1 Å². The van der Waals surface area contributed by atoms with Crippen molar-refractivity contribution in [2.75, 3.05) is 13.1 Å². The third-order valence-electron chi connectivity index (χ3n) is 6.30. The van der Waals surface area contributed by atoms with E-state index in [2.05, 4.69) is 44.8 Å². The van der Waals surface area contributed by atoms with Gasteiger partial charge in [-0.2, -0.15) is 0 Å². The molecule has 0 radical (unpaired) electrons. The second-order valence-electron chi connectivity index (χ2n) is 8.04. The number of nitrogens with one attached hydrogen (secondary N) is 1. The molecule has 1 aliphatic heterocycles. The fourth-order valence-electron chi connectivity index (χ4n) is 4.55. The van der Waals surface area contributed by atoms with Gasteiger partial charge in [-0.1, -0.05) is 27.7 Å². The quantitative estimate of drug-likeness (QED) is 0.813. The zero-order chi connectivity index (χ0) is 15.4. The molecule has 0 aromatic heterocycles. The van der Waals surface area contributed by atoms with Crippen LogP contribution >= 0.6 is 0 Å². The smallest absolute Gasteiger partial charge is 0.0255 e. The Kier molecular flexibility index (Phi) is 6.55. The molecule has 1 N–H and O–H groups in total. The van der Waals surface area contributed by atoms with Crippen LogP contribution in [0, 0.1) is 17.8 Å². The van der Waals surface area contributed by atoms with Gasteiger partial charge in [0.2, 0.25) is 0 Å². The third kappa shape index (κ3) is 4.22. The van der Waals surface area contributed by atoms with Gasteiger partial charge in [0.05, 0.1) is 0 Å². The number of rotatable bonds is 5. The number of hydrogen-bond donors (Lipinski definition) is 1. The Hall–Kier alpha value is -0.0800.